The Labute approximate surface area is 98.5 Å². The van der Waals surface area contributed by atoms with Gasteiger partial charge in [-0.3, -0.25) is 0 Å². The minimum absolute atomic E-state index is 0.223. The average molecular weight is 253 g/mol. The quantitative estimate of drug-likeness (QED) is 0.797. The van der Waals surface area contributed by atoms with E-state index in [9.17, 15) is 18.0 Å². The summed E-state index contributed by atoms with van der Waals surface area (Å²) in [6.45, 7) is 0.0655. The zero-order valence-corrected chi connectivity index (χ0v) is 9.81. The molecular weight excluding hydrogens is 235 g/mol. The largest absolute Gasteiger partial charge is 0.405 e. The van der Waals surface area contributed by atoms with Crippen LogP contribution in [-0.2, 0) is 0 Å². The lowest BCUT2D eigenvalue weighted by molar-refractivity contribution is -0.122. The third kappa shape index (κ3) is 5.76. The number of rotatable bonds is 3. The summed E-state index contributed by atoms with van der Waals surface area (Å²) in [5.41, 5.74) is 0. The van der Waals surface area contributed by atoms with Gasteiger partial charge in [0.2, 0.25) is 0 Å². The highest BCUT2D eigenvalue weighted by atomic mass is 19.4. The molecule has 1 aliphatic heterocycles. The number of nitrogens with one attached hydrogen (secondary N) is 2. The summed E-state index contributed by atoms with van der Waals surface area (Å²) in [6, 6.07) is -0.540. The van der Waals surface area contributed by atoms with E-state index in [1.807, 2.05) is 7.05 Å². The fraction of sp³-hybridized carbons (Fsp3) is 0.900. The minimum Gasteiger partial charge on any atom is -0.337 e. The first kappa shape index (κ1) is 14.1. The minimum atomic E-state index is -4.36. The van der Waals surface area contributed by atoms with E-state index in [0.717, 1.165) is 25.8 Å². The Kier molecular flexibility index (Phi) is 5.04. The van der Waals surface area contributed by atoms with E-state index in [-0.39, 0.29) is 6.04 Å². The van der Waals surface area contributed by atoms with Crippen molar-refractivity contribution in [3.63, 3.8) is 0 Å². The van der Waals surface area contributed by atoms with E-state index in [4.69, 9.17) is 0 Å². The maximum Gasteiger partial charge on any atom is 0.405 e. The summed E-state index contributed by atoms with van der Waals surface area (Å²) in [5, 5.41) is 4.25. The number of likely N-dealkylation sites (tertiary alicyclic amines) is 1. The molecule has 0 aliphatic carbocycles. The number of hydrogen-bond acceptors (Lipinski definition) is 2. The number of nitrogens with zero attached hydrogens (tertiary/aromatic N) is 1. The van der Waals surface area contributed by atoms with Gasteiger partial charge in [-0.2, -0.15) is 13.2 Å². The second-order valence-electron chi connectivity index (χ2n) is 4.31. The van der Waals surface area contributed by atoms with Gasteiger partial charge in [0.1, 0.15) is 6.54 Å². The van der Waals surface area contributed by atoms with E-state index >= 15 is 0 Å². The van der Waals surface area contributed by atoms with Crippen LogP contribution in [0.3, 0.4) is 0 Å². The number of halogens is 3. The Hall–Kier alpha value is -0.980. The van der Waals surface area contributed by atoms with Gasteiger partial charge in [0, 0.05) is 12.6 Å². The first-order valence-electron chi connectivity index (χ1n) is 5.67. The maximum absolute atomic E-state index is 11.8. The molecule has 1 aliphatic rings. The Balaban J connectivity index is 2.19. The van der Waals surface area contributed by atoms with Crippen molar-refractivity contribution in [1.82, 2.24) is 15.5 Å². The number of likely N-dealkylation sites (N-methyl/N-ethyl adjacent to an activating group) is 1. The van der Waals surface area contributed by atoms with Crippen LogP contribution in [0.15, 0.2) is 0 Å². The van der Waals surface area contributed by atoms with Crippen LogP contribution in [0, 0.1) is 0 Å². The molecule has 0 radical (unpaired) electrons. The van der Waals surface area contributed by atoms with Crippen molar-refractivity contribution >= 4 is 6.03 Å². The lowest BCUT2D eigenvalue weighted by atomic mass is 10.0. The van der Waals surface area contributed by atoms with Crippen molar-refractivity contribution in [1.29, 1.82) is 0 Å². The van der Waals surface area contributed by atoms with Crippen LogP contribution in [0.5, 0.6) is 0 Å². The Morgan fingerprint density at radius 3 is 2.65 bits per heavy atom. The van der Waals surface area contributed by atoms with Crippen LogP contribution in [0.25, 0.3) is 0 Å². The summed E-state index contributed by atoms with van der Waals surface area (Å²) in [6.07, 6.45) is -1.16. The number of carbonyl (C=O) groups excluding carboxylic acids is 1. The monoisotopic (exact) mass is 253 g/mol. The maximum atomic E-state index is 11.8. The third-order valence-electron chi connectivity index (χ3n) is 2.87. The van der Waals surface area contributed by atoms with Crippen LogP contribution in [0.2, 0.25) is 0 Å². The molecule has 0 aromatic rings. The SMILES string of the molecule is CN1CCCCC1CNC(=O)NCC(F)(F)F. The number of urea groups is 1. The number of amides is 2. The van der Waals surface area contributed by atoms with Crippen LogP contribution in [-0.4, -0.2) is 49.8 Å². The van der Waals surface area contributed by atoms with E-state index in [1.54, 1.807) is 5.32 Å². The highest BCUT2D eigenvalue weighted by Gasteiger charge is 2.28. The molecule has 1 fully saturated rings. The van der Waals surface area contributed by atoms with Crippen molar-refractivity contribution in [3.8, 4) is 0 Å². The summed E-state index contributed by atoms with van der Waals surface area (Å²) >= 11 is 0. The standard InChI is InChI=1S/C10H18F3N3O/c1-16-5-3-2-4-8(16)6-14-9(17)15-7-10(11,12)13/h8H,2-7H2,1H3,(H2,14,15,17). The molecule has 0 spiro atoms. The second-order valence-corrected chi connectivity index (χ2v) is 4.31. The molecule has 17 heavy (non-hydrogen) atoms. The molecule has 0 aromatic carbocycles. The summed E-state index contributed by atoms with van der Waals surface area (Å²) < 4.78 is 35.5. The zero-order chi connectivity index (χ0) is 12.9. The van der Waals surface area contributed by atoms with E-state index < -0.39 is 18.8 Å². The molecule has 100 valence electrons. The number of hydrogen-bond donors (Lipinski definition) is 2. The number of carbonyl (C=O) groups is 1. The van der Waals surface area contributed by atoms with Crippen LogP contribution < -0.4 is 10.6 Å². The van der Waals surface area contributed by atoms with Gasteiger partial charge in [0.05, 0.1) is 0 Å². The molecule has 1 heterocycles. The zero-order valence-electron chi connectivity index (χ0n) is 9.81. The van der Waals surface area contributed by atoms with Gasteiger partial charge < -0.3 is 15.5 Å². The van der Waals surface area contributed by atoms with E-state index in [0.29, 0.717) is 6.54 Å². The summed E-state index contributed by atoms with van der Waals surface area (Å²) in [4.78, 5) is 13.2. The number of piperidine rings is 1. The van der Waals surface area contributed by atoms with E-state index in [2.05, 4.69) is 10.2 Å². The van der Waals surface area contributed by atoms with Crippen molar-refractivity contribution < 1.29 is 18.0 Å². The molecule has 1 saturated heterocycles. The van der Waals surface area contributed by atoms with Gasteiger partial charge >= 0.3 is 12.2 Å². The van der Waals surface area contributed by atoms with Gasteiger partial charge in [-0.25, -0.2) is 4.79 Å². The highest BCUT2D eigenvalue weighted by molar-refractivity contribution is 5.73. The van der Waals surface area contributed by atoms with Crippen LogP contribution >= 0.6 is 0 Å². The molecule has 7 heteroatoms. The molecule has 0 bridgehead atoms. The molecule has 2 N–H and O–H groups in total. The summed E-state index contributed by atoms with van der Waals surface area (Å²) in [5.74, 6) is 0. The topological polar surface area (TPSA) is 44.4 Å². The predicted octanol–water partition coefficient (Wildman–Crippen LogP) is 1.33. The fourth-order valence-corrected chi connectivity index (χ4v) is 1.86. The molecule has 0 saturated carbocycles. The van der Waals surface area contributed by atoms with Gasteiger partial charge in [0.25, 0.3) is 0 Å². The molecule has 4 nitrogen and oxygen atoms in total. The van der Waals surface area contributed by atoms with Crippen molar-refractivity contribution in [2.75, 3.05) is 26.7 Å². The molecule has 1 rings (SSSR count). The third-order valence-corrected chi connectivity index (χ3v) is 2.87. The lowest BCUT2D eigenvalue weighted by Crippen LogP contribution is -2.48. The van der Waals surface area contributed by atoms with Gasteiger partial charge in [-0.15, -0.1) is 0 Å². The average Bonchev–Trinajstić information content (AvgIpc) is 2.24. The first-order valence-corrected chi connectivity index (χ1v) is 5.67. The normalized spacial score (nSPS) is 22.2. The second kappa shape index (κ2) is 6.09. The summed E-state index contributed by atoms with van der Waals surface area (Å²) in [7, 11) is 1.96. The lowest BCUT2D eigenvalue weighted by Gasteiger charge is -2.32. The van der Waals surface area contributed by atoms with Crippen LogP contribution in [0.4, 0.5) is 18.0 Å². The number of alkyl halides is 3. The Morgan fingerprint density at radius 2 is 2.06 bits per heavy atom. The van der Waals surface area contributed by atoms with Gasteiger partial charge in [0.15, 0.2) is 0 Å². The molecule has 1 atom stereocenters. The van der Waals surface area contributed by atoms with Crippen LogP contribution in [0.1, 0.15) is 19.3 Å². The fourth-order valence-electron chi connectivity index (χ4n) is 1.86. The van der Waals surface area contributed by atoms with Gasteiger partial charge in [-0.1, -0.05) is 6.42 Å². The van der Waals surface area contributed by atoms with Crippen molar-refractivity contribution in [2.24, 2.45) is 0 Å². The van der Waals surface area contributed by atoms with E-state index in [1.165, 1.54) is 0 Å². The smallest absolute Gasteiger partial charge is 0.337 e. The molecule has 0 aromatic heterocycles. The van der Waals surface area contributed by atoms with Gasteiger partial charge in [-0.05, 0) is 26.4 Å². The molecular formula is C10H18F3N3O. The Morgan fingerprint density at radius 1 is 1.35 bits per heavy atom. The Bertz CT molecular complexity index is 258. The molecule has 2 amide bonds. The first-order chi connectivity index (χ1) is 7.88. The van der Waals surface area contributed by atoms with Crippen molar-refractivity contribution in [2.45, 2.75) is 31.5 Å². The predicted molar refractivity (Wildman–Crippen MR) is 57.7 cm³/mol. The highest BCUT2D eigenvalue weighted by Crippen LogP contribution is 2.14. The van der Waals surface area contributed by atoms with Crippen molar-refractivity contribution in [3.05, 3.63) is 0 Å². The molecule has 1 unspecified atom stereocenters.